The van der Waals surface area contributed by atoms with E-state index in [1.807, 2.05) is 13.8 Å². The first-order valence-electron chi connectivity index (χ1n) is 6.21. The third kappa shape index (κ3) is 8.28. The van der Waals surface area contributed by atoms with Crippen LogP contribution in [-0.2, 0) is 13.6 Å². The molecule has 0 amide bonds. The third-order valence-corrected chi connectivity index (χ3v) is 3.81. The van der Waals surface area contributed by atoms with Crippen LogP contribution in [0.2, 0.25) is 0 Å². The smallest absolute Gasteiger partial charge is 0.297 e. The Morgan fingerprint density at radius 3 is 1.81 bits per heavy atom. The molecule has 0 heterocycles. The van der Waals surface area contributed by atoms with Crippen molar-refractivity contribution in [3.8, 4) is 0 Å². The Bertz CT molecular complexity index is 195. The van der Waals surface area contributed by atoms with E-state index in [1.165, 1.54) is 0 Å². The van der Waals surface area contributed by atoms with Gasteiger partial charge in [-0.1, -0.05) is 26.7 Å². The van der Waals surface area contributed by atoms with Gasteiger partial charge in [0.15, 0.2) is 0 Å². The van der Waals surface area contributed by atoms with Crippen molar-refractivity contribution in [1.29, 1.82) is 0 Å². The van der Waals surface area contributed by atoms with Crippen molar-refractivity contribution >= 4 is 7.75 Å². The van der Waals surface area contributed by atoms with Crippen molar-refractivity contribution < 1.29 is 13.6 Å². The molecule has 98 valence electrons. The average Bonchev–Trinajstić information content (AvgIpc) is 2.17. The van der Waals surface area contributed by atoms with Crippen molar-refractivity contribution in [3.63, 3.8) is 0 Å². The first kappa shape index (κ1) is 16.1. The van der Waals surface area contributed by atoms with Crippen molar-refractivity contribution in [2.45, 2.75) is 59.4 Å². The summed E-state index contributed by atoms with van der Waals surface area (Å²) in [5, 5.41) is 2.89. The van der Waals surface area contributed by atoms with Gasteiger partial charge in [-0.25, -0.2) is 9.65 Å². The first-order chi connectivity index (χ1) is 7.54. The van der Waals surface area contributed by atoms with E-state index in [4.69, 9.17) is 9.05 Å². The quantitative estimate of drug-likeness (QED) is 0.475. The summed E-state index contributed by atoms with van der Waals surface area (Å²) >= 11 is 0. The Hall–Kier alpha value is 0.110. The highest BCUT2D eigenvalue weighted by Crippen LogP contribution is 2.44. The standard InChI is InChI=1S/C11H26NO3P/c1-5-7-9-14-16(13,12-11(3)4)15-10-8-6-2/h11H,5-10H2,1-4H3,(H,12,13). The molecule has 0 aromatic carbocycles. The van der Waals surface area contributed by atoms with Crippen molar-refractivity contribution in [1.82, 2.24) is 5.09 Å². The van der Waals surface area contributed by atoms with E-state index < -0.39 is 7.75 Å². The second-order valence-corrected chi connectivity index (χ2v) is 5.92. The Balaban J connectivity index is 4.08. The molecule has 0 bridgehead atoms. The minimum Gasteiger partial charge on any atom is -0.297 e. The topological polar surface area (TPSA) is 47.6 Å². The van der Waals surface area contributed by atoms with E-state index in [0.717, 1.165) is 25.7 Å². The molecule has 0 atom stereocenters. The SMILES string of the molecule is CCCCOP(=O)(NC(C)C)OCCCC. The predicted molar refractivity (Wildman–Crippen MR) is 67.6 cm³/mol. The first-order valence-corrected chi connectivity index (χ1v) is 7.75. The molecule has 0 fully saturated rings. The fourth-order valence-corrected chi connectivity index (χ4v) is 2.68. The van der Waals surface area contributed by atoms with Gasteiger partial charge < -0.3 is 0 Å². The lowest BCUT2D eigenvalue weighted by Gasteiger charge is -2.21. The predicted octanol–water partition coefficient (Wildman–Crippen LogP) is 3.73. The van der Waals surface area contributed by atoms with Crippen LogP contribution in [0.3, 0.4) is 0 Å². The number of hydrogen-bond donors (Lipinski definition) is 1. The highest BCUT2D eigenvalue weighted by Gasteiger charge is 2.24. The lowest BCUT2D eigenvalue weighted by Crippen LogP contribution is -2.22. The van der Waals surface area contributed by atoms with Crippen molar-refractivity contribution in [2.24, 2.45) is 0 Å². The van der Waals surface area contributed by atoms with Gasteiger partial charge in [-0.05, 0) is 26.7 Å². The molecule has 0 saturated carbocycles. The molecule has 0 rings (SSSR count). The second-order valence-electron chi connectivity index (χ2n) is 4.15. The molecule has 0 saturated heterocycles. The van der Waals surface area contributed by atoms with E-state index in [0.29, 0.717) is 13.2 Å². The van der Waals surface area contributed by atoms with Crippen LogP contribution in [0.25, 0.3) is 0 Å². The number of unbranched alkanes of at least 4 members (excludes halogenated alkanes) is 2. The molecule has 1 N–H and O–H groups in total. The summed E-state index contributed by atoms with van der Waals surface area (Å²) in [6.45, 7) is 8.97. The summed E-state index contributed by atoms with van der Waals surface area (Å²) in [7, 11) is -3.08. The van der Waals surface area contributed by atoms with Gasteiger partial charge in [0.2, 0.25) is 0 Å². The van der Waals surface area contributed by atoms with Crippen molar-refractivity contribution in [3.05, 3.63) is 0 Å². The lowest BCUT2D eigenvalue weighted by molar-refractivity contribution is 0.189. The van der Waals surface area contributed by atoms with Crippen molar-refractivity contribution in [2.75, 3.05) is 13.2 Å². The summed E-state index contributed by atoms with van der Waals surface area (Å²) in [5.41, 5.74) is 0. The zero-order chi connectivity index (χ0) is 12.4. The van der Waals surface area contributed by atoms with Crippen LogP contribution < -0.4 is 5.09 Å². The molecular formula is C11H26NO3P. The van der Waals surface area contributed by atoms with Gasteiger partial charge in [-0.3, -0.25) is 9.05 Å². The van der Waals surface area contributed by atoms with Gasteiger partial charge in [0, 0.05) is 6.04 Å². The second kappa shape index (κ2) is 9.17. The van der Waals surface area contributed by atoms with Crippen LogP contribution >= 0.6 is 7.75 Å². The van der Waals surface area contributed by atoms with Gasteiger partial charge in [0.1, 0.15) is 0 Å². The van der Waals surface area contributed by atoms with E-state index in [9.17, 15) is 4.57 Å². The molecule has 0 spiro atoms. The lowest BCUT2D eigenvalue weighted by atomic mass is 10.4. The molecule has 0 aromatic heterocycles. The van der Waals surface area contributed by atoms with Gasteiger partial charge in [0.25, 0.3) is 0 Å². The van der Waals surface area contributed by atoms with E-state index >= 15 is 0 Å². The van der Waals surface area contributed by atoms with Gasteiger partial charge in [0.05, 0.1) is 13.2 Å². The van der Waals surface area contributed by atoms with Crippen LogP contribution in [-0.4, -0.2) is 19.3 Å². The summed E-state index contributed by atoms with van der Waals surface area (Å²) in [4.78, 5) is 0. The molecule has 0 aliphatic heterocycles. The van der Waals surface area contributed by atoms with Crippen LogP contribution in [0.4, 0.5) is 0 Å². The maximum Gasteiger partial charge on any atom is 0.405 e. The largest absolute Gasteiger partial charge is 0.405 e. The third-order valence-electron chi connectivity index (χ3n) is 1.93. The monoisotopic (exact) mass is 251 g/mol. The minimum atomic E-state index is -3.08. The zero-order valence-electron chi connectivity index (χ0n) is 11.0. The maximum atomic E-state index is 12.2. The maximum absolute atomic E-state index is 12.2. The highest BCUT2D eigenvalue weighted by molar-refractivity contribution is 7.51. The summed E-state index contributed by atoms with van der Waals surface area (Å²) in [6, 6.07) is 0.0917. The van der Waals surface area contributed by atoms with Crippen LogP contribution in [0.15, 0.2) is 0 Å². The Morgan fingerprint density at radius 1 is 1.06 bits per heavy atom. The molecule has 4 nitrogen and oxygen atoms in total. The Labute approximate surface area is 99.7 Å². The van der Waals surface area contributed by atoms with Gasteiger partial charge >= 0.3 is 7.75 Å². The number of rotatable bonds is 10. The molecule has 5 heteroatoms. The van der Waals surface area contributed by atoms with Crippen LogP contribution in [0.1, 0.15) is 53.4 Å². The molecule has 0 aliphatic rings. The molecule has 0 unspecified atom stereocenters. The Kier molecular flexibility index (Phi) is 9.24. The zero-order valence-corrected chi connectivity index (χ0v) is 11.9. The molecule has 0 aliphatic carbocycles. The number of nitrogens with one attached hydrogen (secondary N) is 1. The fraction of sp³-hybridized carbons (Fsp3) is 1.00. The normalized spacial score (nSPS) is 12.3. The van der Waals surface area contributed by atoms with E-state index in [2.05, 4.69) is 18.9 Å². The summed E-state index contributed by atoms with van der Waals surface area (Å²) < 4.78 is 22.9. The summed E-state index contributed by atoms with van der Waals surface area (Å²) in [6.07, 6.45) is 3.86. The van der Waals surface area contributed by atoms with Gasteiger partial charge in [-0.15, -0.1) is 0 Å². The Morgan fingerprint density at radius 2 is 1.50 bits per heavy atom. The summed E-state index contributed by atoms with van der Waals surface area (Å²) in [5.74, 6) is 0. The number of hydrogen-bond acceptors (Lipinski definition) is 3. The minimum absolute atomic E-state index is 0.0917. The fourth-order valence-electron chi connectivity index (χ4n) is 1.09. The average molecular weight is 251 g/mol. The van der Waals surface area contributed by atoms with Gasteiger partial charge in [-0.2, -0.15) is 0 Å². The molecular weight excluding hydrogens is 225 g/mol. The highest BCUT2D eigenvalue weighted by atomic mass is 31.2. The molecule has 16 heavy (non-hydrogen) atoms. The van der Waals surface area contributed by atoms with Crippen LogP contribution in [0, 0.1) is 0 Å². The molecule has 0 radical (unpaired) electrons. The van der Waals surface area contributed by atoms with E-state index in [-0.39, 0.29) is 6.04 Å². The molecule has 0 aromatic rings. The van der Waals surface area contributed by atoms with Crippen LogP contribution in [0.5, 0.6) is 0 Å². The van der Waals surface area contributed by atoms with E-state index in [1.54, 1.807) is 0 Å².